The second-order valence-corrected chi connectivity index (χ2v) is 4.73. The monoisotopic (exact) mass is 240 g/mol. The summed E-state index contributed by atoms with van der Waals surface area (Å²) in [5.41, 5.74) is 1.04. The van der Waals surface area contributed by atoms with Gasteiger partial charge in [-0.1, -0.05) is 0 Å². The van der Waals surface area contributed by atoms with Gasteiger partial charge in [-0.3, -0.25) is 9.59 Å². The molecule has 1 aromatic heterocycles. The largest absolute Gasteiger partial charge is 0.481 e. The minimum atomic E-state index is -0.915. The number of nitrogens with one attached hydrogen (secondary N) is 1. The number of rotatable bonds is 4. The molecule has 0 radical (unpaired) electrons. The molecule has 0 saturated heterocycles. The number of carboxylic acids is 1. The first-order chi connectivity index (χ1) is 7.66. The van der Waals surface area contributed by atoms with Crippen LogP contribution < -0.4 is 5.32 Å². The van der Waals surface area contributed by atoms with Crippen LogP contribution >= 0.6 is 11.3 Å². The predicted molar refractivity (Wildman–Crippen MR) is 58.7 cm³/mol. The van der Waals surface area contributed by atoms with Crippen LogP contribution in [0, 0.1) is 0 Å². The molecule has 0 spiro atoms. The van der Waals surface area contributed by atoms with Crippen LogP contribution in [-0.4, -0.2) is 28.5 Å². The van der Waals surface area contributed by atoms with Crippen molar-refractivity contribution >= 4 is 23.2 Å². The van der Waals surface area contributed by atoms with Crippen LogP contribution in [0.5, 0.6) is 0 Å². The van der Waals surface area contributed by atoms with E-state index in [0.29, 0.717) is 5.01 Å². The second-order valence-electron chi connectivity index (χ2n) is 3.64. The minimum absolute atomic E-state index is 0.0587. The van der Waals surface area contributed by atoms with Crippen molar-refractivity contribution in [2.45, 2.75) is 25.7 Å². The Balaban J connectivity index is 1.91. The van der Waals surface area contributed by atoms with Crippen molar-refractivity contribution in [1.82, 2.24) is 10.3 Å². The lowest BCUT2D eigenvalue weighted by Gasteiger charge is -1.99. The van der Waals surface area contributed by atoms with E-state index in [-0.39, 0.29) is 18.9 Å². The minimum Gasteiger partial charge on any atom is -0.481 e. The first kappa shape index (κ1) is 11.1. The van der Waals surface area contributed by atoms with E-state index >= 15 is 0 Å². The highest BCUT2D eigenvalue weighted by atomic mass is 32.1. The number of hydrogen-bond acceptors (Lipinski definition) is 4. The Kier molecular flexibility index (Phi) is 3.19. The maximum absolute atomic E-state index is 11.6. The highest BCUT2D eigenvalue weighted by Gasteiger charge is 2.20. The van der Waals surface area contributed by atoms with Crippen molar-refractivity contribution in [3.63, 3.8) is 0 Å². The summed E-state index contributed by atoms with van der Waals surface area (Å²) in [6.07, 6.45) is 3.02. The van der Waals surface area contributed by atoms with Crippen LogP contribution in [0.3, 0.4) is 0 Å². The smallest absolute Gasteiger partial charge is 0.305 e. The molecule has 0 saturated carbocycles. The van der Waals surface area contributed by atoms with Crippen molar-refractivity contribution in [1.29, 1.82) is 0 Å². The van der Waals surface area contributed by atoms with Crippen LogP contribution in [0.15, 0.2) is 0 Å². The maximum atomic E-state index is 11.6. The van der Waals surface area contributed by atoms with E-state index in [4.69, 9.17) is 5.11 Å². The quantitative estimate of drug-likeness (QED) is 0.817. The van der Waals surface area contributed by atoms with E-state index in [1.165, 1.54) is 16.2 Å². The SMILES string of the molecule is O=C(O)CCNC(=O)c1nc2c(s1)CCC2. The molecule has 1 aliphatic carbocycles. The molecule has 0 bridgehead atoms. The molecule has 0 unspecified atom stereocenters. The molecule has 0 fully saturated rings. The molecule has 1 aliphatic rings. The van der Waals surface area contributed by atoms with Crippen LogP contribution in [-0.2, 0) is 17.6 Å². The summed E-state index contributed by atoms with van der Waals surface area (Å²) in [6, 6.07) is 0. The molecule has 2 N–H and O–H groups in total. The zero-order valence-electron chi connectivity index (χ0n) is 8.65. The standard InChI is InChI=1S/C10H12N2O3S/c13-8(14)4-5-11-9(15)10-12-6-2-1-3-7(6)16-10/h1-5H2,(H,11,15)(H,13,14). The predicted octanol–water partition coefficient (Wildman–Crippen LogP) is 0.836. The summed E-state index contributed by atoms with van der Waals surface area (Å²) in [5.74, 6) is -1.18. The normalized spacial score (nSPS) is 13.5. The molecule has 16 heavy (non-hydrogen) atoms. The fraction of sp³-hybridized carbons (Fsp3) is 0.500. The zero-order chi connectivity index (χ0) is 11.5. The molecule has 0 aromatic carbocycles. The molecule has 1 amide bonds. The van der Waals surface area contributed by atoms with E-state index < -0.39 is 5.97 Å². The van der Waals surface area contributed by atoms with Gasteiger partial charge in [0.25, 0.3) is 5.91 Å². The van der Waals surface area contributed by atoms with E-state index in [9.17, 15) is 9.59 Å². The lowest BCUT2D eigenvalue weighted by atomic mass is 10.4. The van der Waals surface area contributed by atoms with Gasteiger partial charge in [0.1, 0.15) is 0 Å². The first-order valence-corrected chi connectivity index (χ1v) is 5.97. The lowest BCUT2D eigenvalue weighted by molar-refractivity contribution is -0.136. The number of carbonyl (C=O) groups is 2. The number of hydrogen-bond donors (Lipinski definition) is 2. The third-order valence-corrected chi connectivity index (χ3v) is 3.57. The van der Waals surface area contributed by atoms with Crippen molar-refractivity contribution in [2.75, 3.05) is 6.54 Å². The first-order valence-electron chi connectivity index (χ1n) is 5.15. The Labute approximate surface area is 96.5 Å². The molecule has 1 heterocycles. The van der Waals surface area contributed by atoms with Crippen LogP contribution in [0.1, 0.15) is 33.2 Å². The van der Waals surface area contributed by atoms with Gasteiger partial charge in [0.05, 0.1) is 12.1 Å². The van der Waals surface area contributed by atoms with Gasteiger partial charge in [-0.25, -0.2) is 4.98 Å². The van der Waals surface area contributed by atoms with Gasteiger partial charge in [-0.15, -0.1) is 11.3 Å². The fourth-order valence-corrected chi connectivity index (χ4v) is 2.71. The Morgan fingerprint density at radius 2 is 2.25 bits per heavy atom. The van der Waals surface area contributed by atoms with Gasteiger partial charge in [0.15, 0.2) is 5.01 Å². The number of aromatic nitrogens is 1. The second kappa shape index (κ2) is 4.61. The third kappa shape index (κ3) is 2.38. The topological polar surface area (TPSA) is 79.3 Å². The molecule has 0 atom stereocenters. The number of fused-ring (bicyclic) bond motifs is 1. The maximum Gasteiger partial charge on any atom is 0.305 e. The van der Waals surface area contributed by atoms with Crippen molar-refractivity contribution in [2.24, 2.45) is 0 Å². The number of nitrogens with zero attached hydrogens (tertiary/aromatic N) is 1. The molecule has 0 aliphatic heterocycles. The summed E-state index contributed by atoms with van der Waals surface area (Å²) in [5, 5.41) is 11.4. The average molecular weight is 240 g/mol. The number of aliphatic carboxylic acids is 1. The number of aryl methyl sites for hydroxylation is 2. The lowest BCUT2D eigenvalue weighted by Crippen LogP contribution is -2.25. The van der Waals surface area contributed by atoms with Crippen LogP contribution in [0.4, 0.5) is 0 Å². The highest BCUT2D eigenvalue weighted by Crippen LogP contribution is 2.27. The van der Waals surface area contributed by atoms with Gasteiger partial charge >= 0.3 is 5.97 Å². The van der Waals surface area contributed by atoms with Crippen LogP contribution in [0.25, 0.3) is 0 Å². The van der Waals surface area contributed by atoms with Gasteiger partial charge in [-0.2, -0.15) is 0 Å². The van der Waals surface area contributed by atoms with Crippen molar-refractivity contribution in [3.05, 3.63) is 15.6 Å². The summed E-state index contributed by atoms with van der Waals surface area (Å²) >= 11 is 1.42. The summed E-state index contributed by atoms with van der Waals surface area (Å²) in [7, 11) is 0. The molecular weight excluding hydrogens is 228 g/mol. The Morgan fingerprint density at radius 3 is 2.94 bits per heavy atom. The van der Waals surface area contributed by atoms with Crippen LogP contribution in [0.2, 0.25) is 0 Å². The van der Waals surface area contributed by atoms with E-state index in [2.05, 4.69) is 10.3 Å². The van der Waals surface area contributed by atoms with E-state index in [0.717, 1.165) is 25.0 Å². The number of carbonyl (C=O) groups excluding carboxylic acids is 1. The third-order valence-electron chi connectivity index (χ3n) is 2.41. The molecule has 1 aromatic rings. The summed E-state index contributed by atoms with van der Waals surface area (Å²) in [6.45, 7) is 0.151. The molecule has 5 nitrogen and oxygen atoms in total. The molecule has 86 valence electrons. The van der Waals surface area contributed by atoms with Gasteiger partial charge in [0, 0.05) is 11.4 Å². The number of amides is 1. The highest BCUT2D eigenvalue weighted by molar-refractivity contribution is 7.13. The summed E-state index contributed by atoms with van der Waals surface area (Å²) in [4.78, 5) is 27.3. The van der Waals surface area contributed by atoms with Crippen molar-refractivity contribution in [3.8, 4) is 0 Å². The van der Waals surface area contributed by atoms with E-state index in [1.54, 1.807) is 0 Å². The molecular formula is C10H12N2O3S. The molecule has 2 rings (SSSR count). The fourth-order valence-electron chi connectivity index (χ4n) is 1.65. The molecule has 6 heteroatoms. The Hall–Kier alpha value is -1.43. The number of carboxylic acid groups (broad SMARTS) is 1. The van der Waals surface area contributed by atoms with Gasteiger partial charge in [-0.05, 0) is 19.3 Å². The van der Waals surface area contributed by atoms with Crippen molar-refractivity contribution < 1.29 is 14.7 Å². The van der Waals surface area contributed by atoms with Gasteiger partial charge in [0.2, 0.25) is 0 Å². The average Bonchev–Trinajstić information content (AvgIpc) is 2.75. The Bertz CT molecular complexity index is 406. The van der Waals surface area contributed by atoms with E-state index in [1.807, 2.05) is 0 Å². The van der Waals surface area contributed by atoms with Gasteiger partial charge < -0.3 is 10.4 Å². The summed E-state index contributed by atoms with van der Waals surface area (Å²) < 4.78 is 0. The Morgan fingerprint density at radius 1 is 1.44 bits per heavy atom. The zero-order valence-corrected chi connectivity index (χ0v) is 9.47. The number of thiazole rings is 1.